The standard InChI is InChI=1S/C14H12O/c1-11-7-9-13(10-8-11)14(15)12-5-3-2-4-6-12/h2-7,9-10H,1,8H2. The van der Waals surface area contributed by atoms with E-state index in [1.807, 2.05) is 48.6 Å². The van der Waals surface area contributed by atoms with Crippen molar-refractivity contribution < 1.29 is 4.79 Å². The Morgan fingerprint density at radius 1 is 1.13 bits per heavy atom. The van der Waals surface area contributed by atoms with Gasteiger partial charge < -0.3 is 0 Å². The van der Waals surface area contributed by atoms with Crippen LogP contribution < -0.4 is 0 Å². The molecule has 0 radical (unpaired) electrons. The fraction of sp³-hybridized carbons (Fsp3) is 0.0714. The van der Waals surface area contributed by atoms with Gasteiger partial charge in [0.2, 0.25) is 0 Å². The zero-order valence-corrected chi connectivity index (χ0v) is 8.44. The molecular formula is C14H12O. The molecule has 74 valence electrons. The molecule has 0 aliphatic heterocycles. The van der Waals surface area contributed by atoms with Gasteiger partial charge in [-0.2, -0.15) is 0 Å². The Morgan fingerprint density at radius 2 is 1.87 bits per heavy atom. The maximum absolute atomic E-state index is 12.0. The minimum Gasteiger partial charge on any atom is -0.289 e. The molecule has 0 saturated heterocycles. The minimum absolute atomic E-state index is 0.0827. The number of Topliss-reactive ketones (excluding diaryl/α,β-unsaturated/α-hetero) is 1. The molecule has 0 spiro atoms. The van der Waals surface area contributed by atoms with E-state index < -0.39 is 0 Å². The van der Waals surface area contributed by atoms with Gasteiger partial charge in [-0.05, 0) is 6.42 Å². The minimum atomic E-state index is 0.0827. The van der Waals surface area contributed by atoms with Gasteiger partial charge in [-0.3, -0.25) is 4.79 Å². The van der Waals surface area contributed by atoms with E-state index in [9.17, 15) is 4.79 Å². The predicted octanol–water partition coefficient (Wildman–Crippen LogP) is 3.31. The van der Waals surface area contributed by atoms with E-state index in [1.54, 1.807) is 0 Å². The number of carbonyl (C=O) groups excluding carboxylic acids is 1. The van der Waals surface area contributed by atoms with Crippen LogP contribution in [0.5, 0.6) is 0 Å². The van der Waals surface area contributed by atoms with Crippen LogP contribution in [0, 0.1) is 0 Å². The second kappa shape index (κ2) is 4.09. The predicted molar refractivity (Wildman–Crippen MR) is 61.8 cm³/mol. The van der Waals surface area contributed by atoms with Gasteiger partial charge in [0.1, 0.15) is 0 Å². The highest BCUT2D eigenvalue weighted by atomic mass is 16.1. The normalized spacial score (nSPS) is 14.9. The van der Waals surface area contributed by atoms with Crippen LogP contribution in [0.15, 0.2) is 66.3 Å². The third-order valence-electron chi connectivity index (χ3n) is 2.38. The third kappa shape index (κ3) is 2.13. The molecule has 0 unspecified atom stereocenters. The summed E-state index contributed by atoms with van der Waals surface area (Å²) in [6.07, 6.45) is 6.43. The highest BCUT2D eigenvalue weighted by molar-refractivity contribution is 6.10. The van der Waals surface area contributed by atoms with E-state index in [2.05, 4.69) is 6.58 Å². The number of allylic oxidation sites excluding steroid dienone is 5. The molecule has 15 heavy (non-hydrogen) atoms. The topological polar surface area (TPSA) is 17.1 Å². The fourth-order valence-electron chi connectivity index (χ4n) is 1.51. The first-order valence-corrected chi connectivity index (χ1v) is 4.93. The molecule has 1 aliphatic carbocycles. The van der Waals surface area contributed by atoms with Gasteiger partial charge in [0, 0.05) is 11.1 Å². The maximum Gasteiger partial charge on any atom is 0.192 e. The molecular weight excluding hydrogens is 184 g/mol. The van der Waals surface area contributed by atoms with Crippen LogP contribution in [-0.2, 0) is 0 Å². The van der Waals surface area contributed by atoms with Gasteiger partial charge in [0.05, 0.1) is 0 Å². The smallest absolute Gasteiger partial charge is 0.192 e. The van der Waals surface area contributed by atoms with Gasteiger partial charge in [0.15, 0.2) is 5.78 Å². The van der Waals surface area contributed by atoms with Crippen molar-refractivity contribution >= 4 is 5.78 Å². The molecule has 0 bridgehead atoms. The lowest BCUT2D eigenvalue weighted by Crippen LogP contribution is -2.03. The summed E-state index contributed by atoms with van der Waals surface area (Å²) < 4.78 is 0. The van der Waals surface area contributed by atoms with Gasteiger partial charge >= 0.3 is 0 Å². The molecule has 0 atom stereocenters. The summed E-state index contributed by atoms with van der Waals surface area (Å²) in [5.74, 6) is 0.0827. The molecule has 2 rings (SSSR count). The van der Waals surface area contributed by atoms with Crippen LogP contribution in [0.2, 0.25) is 0 Å². The maximum atomic E-state index is 12.0. The second-order valence-corrected chi connectivity index (χ2v) is 3.55. The molecule has 1 aliphatic rings. The summed E-state index contributed by atoms with van der Waals surface area (Å²) in [5, 5.41) is 0. The van der Waals surface area contributed by atoms with Crippen molar-refractivity contribution in [3.05, 3.63) is 71.8 Å². The molecule has 0 amide bonds. The van der Waals surface area contributed by atoms with E-state index in [-0.39, 0.29) is 5.78 Å². The molecule has 1 nitrogen and oxygen atoms in total. The SMILES string of the molecule is C=C1C=CC(C(=O)c2ccccc2)=CC1. The average molecular weight is 196 g/mol. The highest BCUT2D eigenvalue weighted by Crippen LogP contribution is 2.17. The van der Waals surface area contributed by atoms with Crippen molar-refractivity contribution in [2.45, 2.75) is 6.42 Å². The molecule has 0 N–H and O–H groups in total. The summed E-state index contributed by atoms with van der Waals surface area (Å²) in [6.45, 7) is 3.84. The fourth-order valence-corrected chi connectivity index (χ4v) is 1.51. The third-order valence-corrected chi connectivity index (χ3v) is 2.38. The van der Waals surface area contributed by atoms with Crippen LogP contribution in [0.4, 0.5) is 0 Å². The van der Waals surface area contributed by atoms with Gasteiger partial charge in [-0.1, -0.05) is 60.7 Å². The Hall–Kier alpha value is -1.89. The van der Waals surface area contributed by atoms with Crippen molar-refractivity contribution in [3.8, 4) is 0 Å². The molecule has 0 fully saturated rings. The Morgan fingerprint density at radius 3 is 2.47 bits per heavy atom. The number of benzene rings is 1. The van der Waals surface area contributed by atoms with E-state index in [1.165, 1.54) is 0 Å². The zero-order chi connectivity index (χ0) is 10.7. The van der Waals surface area contributed by atoms with Gasteiger partial charge in [-0.25, -0.2) is 0 Å². The summed E-state index contributed by atoms with van der Waals surface area (Å²) in [6, 6.07) is 9.32. The van der Waals surface area contributed by atoms with Gasteiger partial charge in [0.25, 0.3) is 0 Å². The van der Waals surface area contributed by atoms with Gasteiger partial charge in [-0.15, -0.1) is 0 Å². The second-order valence-electron chi connectivity index (χ2n) is 3.55. The number of ketones is 1. The van der Waals surface area contributed by atoms with E-state index in [4.69, 9.17) is 0 Å². The van der Waals surface area contributed by atoms with Crippen LogP contribution in [0.3, 0.4) is 0 Å². The van der Waals surface area contributed by atoms with E-state index in [0.717, 1.165) is 23.1 Å². The van der Waals surface area contributed by atoms with Crippen LogP contribution in [0.1, 0.15) is 16.8 Å². The lowest BCUT2D eigenvalue weighted by Gasteiger charge is -2.07. The monoisotopic (exact) mass is 196 g/mol. The summed E-state index contributed by atoms with van der Waals surface area (Å²) in [7, 11) is 0. The average Bonchev–Trinajstić information content (AvgIpc) is 2.30. The van der Waals surface area contributed by atoms with Crippen molar-refractivity contribution in [2.24, 2.45) is 0 Å². The van der Waals surface area contributed by atoms with Crippen molar-refractivity contribution in [2.75, 3.05) is 0 Å². The summed E-state index contributed by atoms with van der Waals surface area (Å²) >= 11 is 0. The Bertz CT molecular complexity index is 449. The van der Waals surface area contributed by atoms with E-state index in [0.29, 0.717) is 0 Å². The molecule has 0 saturated carbocycles. The Labute approximate surface area is 89.4 Å². The van der Waals surface area contributed by atoms with Crippen LogP contribution >= 0.6 is 0 Å². The number of carbonyl (C=O) groups is 1. The largest absolute Gasteiger partial charge is 0.289 e. The van der Waals surface area contributed by atoms with Crippen molar-refractivity contribution in [1.29, 1.82) is 0 Å². The number of rotatable bonds is 2. The summed E-state index contributed by atoms with van der Waals surface area (Å²) in [5.41, 5.74) is 2.54. The van der Waals surface area contributed by atoms with Crippen molar-refractivity contribution in [1.82, 2.24) is 0 Å². The first-order valence-electron chi connectivity index (χ1n) is 4.93. The Balaban J connectivity index is 2.24. The first kappa shape index (κ1) is 9.66. The Kier molecular flexibility index (Phi) is 2.64. The zero-order valence-electron chi connectivity index (χ0n) is 8.44. The first-order chi connectivity index (χ1) is 7.27. The number of hydrogen-bond donors (Lipinski definition) is 0. The quantitative estimate of drug-likeness (QED) is 0.663. The highest BCUT2D eigenvalue weighted by Gasteiger charge is 2.10. The molecule has 0 aromatic heterocycles. The van der Waals surface area contributed by atoms with Crippen LogP contribution in [0.25, 0.3) is 0 Å². The molecule has 1 aromatic carbocycles. The summed E-state index contributed by atoms with van der Waals surface area (Å²) in [4.78, 5) is 12.0. The lowest BCUT2D eigenvalue weighted by molar-refractivity contribution is 0.103. The molecule has 1 aromatic rings. The number of hydrogen-bond acceptors (Lipinski definition) is 1. The van der Waals surface area contributed by atoms with E-state index >= 15 is 0 Å². The molecule has 0 heterocycles. The lowest BCUT2D eigenvalue weighted by atomic mass is 9.97. The van der Waals surface area contributed by atoms with Crippen LogP contribution in [-0.4, -0.2) is 5.78 Å². The molecule has 1 heteroatoms. The van der Waals surface area contributed by atoms with Crippen molar-refractivity contribution in [3.63, 3.8) is 0 Å².